The number of hydrogen-bond acceptors (Lipinski definition) is 5. The van der Waals surface area contributed by atoms with E-state index in [1.54, 1.807) is 24.3 Å². The van der Waals surface area contributed by atoms with Crippen molar-refractivity contribution in [2.24, 2.45) is 0 Å². The topological polar surface area (TPSA) is 72.2 Å². The molecule has 0 saturated heterocycles. The summed E-state index contributed by atoms with van der Waals surface area (Å²) in [4.78, 5) is 4.65. The highest BCUT2D eigenvalue weighted by Gasteiger charge is 2.30. The van der Waals surface area contributed by atoms with Crippen molar-refractivity contribution in [1.29, 1.82) is 0 Å². The number of nitrogens with zero attached hydrogens (tertiary/aromatic N) is 1. The van der Waals surface area contributed by atoms with E-state index in [1.807, 2.05) is 38.1 Å². The lowest BCUT2D eigenvalue weighted by Crippen LogP contribution is -2.23. The van der Waals surface area contributed by atoms with Gasteiger partial charge in [0.05, 0.1) is 4.90 Å². The van der Waals surface area contributed by atoms with Gasteiger partial charge in [0.1, 0.15) is 0 Å². The molecule has 1 aliphatic rings. The highest BCUT2D eigenvalue weighted by molar-refractivity contribution is 7.91. The molecule has 1 aliphatic carbocycles. The van der Waals surface area contributed by atoms with Gasteiger partial charge in [0.15, 0.2) is 0 Å². The molecule has 1 saturated carbocycles. The molecule has 1 N–H and O–H groups in total. The van der Waals surface area contributed by atoms with Gasteiger partial charge in [0, 0.05) is 11.6 Å². The van der Waals surface area contributed by atoms with E-state index in [9.17, 15) is 8.42 Å². The molecule has 0 amide bonds. The van der Waals surface area contributed by atoms with E-state index in [-0.39, 0.29) is 21.8 Å². The van der Waals surface area contributed by atoms with Crippen molar-refractivity contribution >= 4 is 15.7 Å². The van der Waals surface area contributed by atoms with Crippen LogP contribution in [0.4, 0.5) is 5.88 Å². The minimum absolute atomic E-state index is 0.0394. The van der Waals surface area contributed by atoms with Gasteiger partial charge in [-0.25, -0.2) is 8.42 Å². The first-order chi connectivity index (χ1) is 13.9. The molecule has 0 unspecified atom stereocenters. The molecule has 0 spiro atoms. The molecule has 2 aromatic carbocycles. The number of benzene rings is 2. The van der Waals surface area contributed by atoms with E-state index < -0.39 is 9.84 Å². The molecule has 6 heteroatoms. The molecular weight excluding hydrogens is 384 g/mol. The first kappa shape index (κ1) is 19.7. The molecule has 3 aromatic rings. The molecule has 0 aliphatic heterocycles. The van der Waals surface area contributed by atoms with Gasteiger partial charge in [-0.05, 0) is 51.0 Å². The van der Waals surface area contributed by atoms with Crippen molar-refractivity contribution in [3.05, 3.63) is 59.7 Å². The molecule has 0 atom stereocenters. The third-order valence-corrected chi connectivity index (χ3v) is 7.10. The molecule has 1 heterocycles. The monoisotopic (exact) mass is 410 g/mol. The number of aryl methyl sites for hydroxylation is 2. The van der Waals surface area contributed by atoms with Crippen LogP contribution < -0.4 is 5.32 Å². The number of aromatic nitrogens is 1. The normalized spacial score (nSPS) is 15.4. The van der Waals surface area contributed by atoms with Gasteiger partial charge in [-0.2, -0.15) is 4.98 Å². The van der Waals surface area contributed by atoms with Gasteiger partial charge >= 0.3 is 0 Å². The summed E-state index contributed by atoms with van der Waals surface area (Å²) in [6.45, 7) is 3.93. The van der Waals surface area contributed by atoms with Gasteiger partial charge in [-0.1, -0.05) is 54.7 Å². The Balaban J connectivity index is 1.77. The lowest BCUT2D eigenvalue weighted by atomic mass is 9.96. The van der Waals surface area contributed by atoms with Crippen LogP contribution in [-0.4, -0.2) is 19.4 Å². The lowest BCUT2D eigenvalue weighted by molar-refractivity contribution is 0.450. The summed E-state index contributed by atoms with van der Waals surface area (Å²) in [5.41, 5.74) is 2.88. The maximum atomic E-state index is 13.3. The molecule has 29 heavy (non-hydrogen) atoms. The third kappa shape index (κ3) is 4.22. The van der Waals surface area contributed by atoms with Crippen LogP contribution in [0.5, 0.6) is 0 Å². The highest BCUT2D eigenvalue weighted by Crippen LogP contribution is 2.34. The van der Waals surface area contributed by atoms with Crippen LogP contribution >= 0.6 is 0 Å². The second kappa shape index (κ2) is 8.03. The van der Waals surface area contributed by atoms with Gasteiger partial charge in [-0.15, -0.1) is 0 Å². The first-order valence-corrected chi connectivity index (χ1v) is 11.6. The Kier molecular flexibility index (Phi) is 5.46. The van der Waals surface area contributed by atoms with Crippen molar-refractivity contribution in [2.45, 2.75) is 61.9 Å². The fourth-order valence-corrected chi connectivity index (χ4v) is 4.93. The summed E-state index contributed by atoms with van der Waals surface area (Å²) >= 11 is 0. The molecule has 4 rings (SSSR count). The predicted octanol–water partition coefficient (Wildman–Crippen LogP) is 5.54. The predicted molar refractivity (Wildman–Crippen MR) is 114 cm³/mol. The maximum Gasteiger partial charge on any atom is 0.234 e. The quantitative estimate of drug-likeness (QED) is 0.598. The van der Waals surface area contributed by atoms with Gasteiger partial charge in [0.25, 0.3) is 0 Å². The molecule has 152 valence electrons. The van der Waals surface area contributed by atoms with Gasteiger partial charge < -0.3 is 9.73 Å². The number of oxazole rings is 1. The Morgan fingerprint density at radius 2 is 1.48 bits per heavy atom. The largest absolute Gasteiger partial charge is 0.419 e. The van der Waals surface area contributed by atoms with Crippen LogP contribution in [-0.2, 0) is 9.84 Å². The minimum atomic E-state index is -3.80. The average molecular weight is 411 g/mol. The molecule has 0 radical (unpaired) electrons. The van der Waals surface area contributed by atoms with E-state index in [4.69, 9.17) is 4.42 Å². The van der Waals surface area contributed by atoms with Crippen LogP contribution in [0.1, 0.15) is 43.2 Å². The number of anilines is 1. The van der Waals surface area contributed by atoms with Crippen LogP contribution in [0.15, 0.2) is 62.9 Å². The summed E-state index contributed by atoms with van der Waals surface area (Å²) < 4.78 is 32.7. The van der Waals surface area contributed by atoms with Gasteiger partial charge in [0.2, 0.25) is 26.6 Å². The van der Waals surface area contributed by atoms with E-state index in [0.717, 1.165) is 42.4 Å². The summed E-state index contributed by atoms with van der Waals surface area (Å²) in [7, 11) is -3.80. The highest BCUT2D eigenvalue weighted by atomic mass is 32.2. The zero-order valence-electron chi connectivity index (χ0n) is 16.8. The van der Waals surface area contributed by atoms with Crippen molar-refractivity contribution in [3.8, 4) is 11.5 Å². The Labute approximate surface area is 172 Å². The second-order valence-electron chi connectivity index (χ2n) is 7.82. The maximum absolute atomic E-state index is 13.3. The zero-order chi connectivity index (χ0) is 20.4. The number of sulfone groups is 1. The average Bonchev–Trinajstić information content (AvgIpc) is 3.14. The van der Waals surface area contributed by atoms with Crippen LogP contribution in [0.25, 0.3) is 11.5 Å². The SMILES string of the molecule is Cc1ccc(-c2nc(S(=O)(=O)c3ccc(C)cc3)c(NC3CCCCC3)o2)cc1. The van der Waals surface area contributed by atoms with Gasteiger partial charge in [-0.3, -0.25) is 0 Å². The summed E-state index contributed by atoms with van der Waals surface area (Å²) in [6, 6.07) is 14.7. The van der Waals surface area contributed by atoms with Crippen LogP contribution in [0.3, 0.4) is 0 Å². The van der Waals surface area contributed by atoms with E-state index in [0.29, 0.717) is 5.89 Å². The molecule has 5 nitrogen and oxygen atoms in total. The first-order valence-electron chi connectivity index (χ1n) is 10.1. The van der Waals surface area contributed by atoms with E-state index in [1.165, 1.54) is 6.42 Å². The third-order valence-electron chi connectivity index (χ3n) is 5.42. The lowest BCUT2D eigenvalue weighted by Gasteiger charge is -2.22. The standard InChI is InChI=1S/C23H26N2O3S/c1-16-8-12-18(13-9-16)21-25-23(22(28-21)24-19-6-4-3-5-7-19)29(26,27)20-14-10-17(2)11-15-20/h8-15,19,24H,3-7H2,1-2H3. The van der Waals surface area contributed by atoms with Crippen molar-refractivity contribution < 1.29 is 12.8 Å². The summed E-state index contributed by atoms with van der Waals surface area (Å²) in [5, 5.41) is 3.29. The number of hydrogen-bond donors (Lipinski definition) is 1. The van der Waals surface area contributed by atoms with Crippen LogP contribution in [0, 0.1) is 13.8 Å². The van der Waals surface area contributed by atoms with E-state index in [2.05, 4.69) is 10.3 Å². The zero-order valence-corrected chi connectivity index (χ0v) is 17.6. The van der Waals surface area contributed by atoms with Crippen molar-refractivity contribution in [2.75, 3.05) is 5.32 Å². The van der Waals surface area contributed by atoms with E-state index >= 15 is 0 Å². The minimum Gasteiger partial charge on any atom is -0.419 e. The van der Waals surface area contributed by atoms with Crippen molar-refractivity contribution in [1.82, 2.24) is 4.98 Å². The Morgan fingerprint density at radius 3 is 2.10 bits per heavy atom. The number of nitrogens with one attached hydrogen (secondary N) is 1. The van der Waals surface area contributed by atoms with Crippen LogP contribution in [0.2, 0.25) is 0 Å². The second-order valence-corrected chi connectivity index (χ2v) is 9.68. The number of rotatable bonds is 5. The molecule has 1 fully saturated rings. The summed E-state index contributed by atoms with van der Waals surface area (Å²) in [5.74, 6) is 0.557. The Bertz CT molecular complexity index is 1080. The fraction of sp³-hybridized carbons (Fsp3) is 0.348. The molecular formula is C23H26N2O3S. The summed E-state index contributed by atoms with van der Waals surface area (Å²) in [6.07, 6.45) is 5.50. The Morgan fingerprint density at radius 1 is 0.897 bits per heavy atom. The van der Waals surface area contributed by atoms with Crippen molar-refractivity contribution in [3.63, 3.8) is 0 Å². The smallest absolute Gasteiger partial charge is 0.234 e. The molecule has 0 bridgehead atoms. The fourth-order valence-electron chi connectivity index (χ4n) is 3.66. The molecule has 1 aromatic heterocycles. The Hall–Kier alpha value is -2.60.